The van der Waals surface area contributed by atoms with Crippen LogP contribution in [0, 0.1) is 0 Å². The molecule has 0 amide bonds. The Morgan fingerprint density at radius 2 is 1.17 bits per heavy atom. The number of esters is 2. The number of carbonyl (C=O) groups excluding carboxylic acids is 4. The summed E-state index contributed by atoms with van der Waals surface area (Å²) < 4.78 is 29.1. The van der Waals surface area contributed by atoms with Gasteiger partial charge in [-0.15, -0.1) is 0 Å². The third-order valence-electron chi connectivity index (χ3n) is 3.01. The van der Waals surface area contributed by atoms with Gasteiger partial charge < -0.3 is 28.4 Å². The molecule has 0 fully saturated rings. The van der Waals surface area contributed by atoms with Crippen LogP contribution in [-0.4, -0.2) is 53.6 Å². The second-order valence-corrected chi connectivity index (χ2v) is 6.53. The van der Waals surface area contributed by atoms with E-state index in [1.54, 1.807) is 27.7 Å². The summed E-state index contributed by atoms with van der Waals surface area (Å²) in [4.78, 5) is 50.4. The third kappa shape index (κ3) is 9.22. The first-order valence-electron chi connectivity index (χ1n) is 9.11. The number of aromatic nitrogens is 1. The van der Waals surface area contributed by atoms with Gasteiger partial charge in [0.05, 0.1) is 18.4 Å². The summed E-state index contributed by atoms with van der Waals surface area (Å²) in [5, 5.41) is 0. The van der Waals surface area contributed by atoms with Crippen LogP contribution in [-0.2, 0) is 28.5 Å². The minimum absolute atomic E-state index is 0.0287. The fourth-order valence-corrected chi connectivity index (χ4v) is 1.76. The number of carbonyl (C=O) groups is 4. The van der Waals surface area contributed by atoms with E-state index in [1.807, 2.05) is 0 Å². The maximum Gasteiger partial charge on any atom is 0.516 e. The van der Waals surface area contributed by atoms with Crippen molar-refractivity contribution in [3.63, 3.8) is 0 Å². The Bertz CT molecular complexity index is 681. The van der Waals surface area contributed by atoms with E-state index in [0.29, 0.717) is 0 Å². The normalized spacial score (nSPS) is 12.5. The molecule has 11 nitrogen and oxygen atoms in total. The summed E-state index contributed by atoms with van der Waals surface area (Å²) in [6.45, 7) is 9.30. The van der Waals surface area contributed by atoms with Crippen molar-refractivity contribution in [3.05, 3.63) is 18.3 Å². The topological polar surface area (TPSA) is 137 Å². The van der Waals surface area contributed by atoms with Crippen molar-refractivity contribution in [2.45, 2.75) is 66.0 Å². The number of pyridine rings is 1. The van der Waals surface area contributed by atoms with Gasteiger partial charge in [0.25, 0.3) is 0 Å². The zero-order chi connectivity index (χ0) is 22.8. The minimum atomic E-state index is -1.17. The van der Waals surface area contributed by atoms with Crippen LogP contribution in [0.15, 0.2) is 18.3 Å². The molecular formula is C19H25NO10. The summed E-state index contributed by atoms with van der Waals surface area (Å²) in [6.07, 6.45) is -4.26. The van der Waals surface area contributed by atoms with Crippen molar-refractivity contribution in [1.82, 2.24) is 4.98 Å². The van der Waals surface area contributed by atoms with Gasteiger partial charge in [0.2, 0.25) is 5.88 Å². The molecule has 2 unspecified atom stereocenters. The summed E-state index contributed by atoms with van der Waals surface area (Å²) in [6, 6.07) is 2.49. The Hall–Kier alpha value is -3.37. The molecule has 1 rings (SSSR count). The Kier molecular flexibility index (Phi) is 9.53. The molecule has 11 heteroatoms. The molecule has 1 aromatic rings. The van der Waals surface area contributed by atoms with Crippen LogP contribution in [0.5, 0.6) is 11.6 Å². The lowest BCUT2D eigenvalue weighted by atomic mass is 10.4. The quantitative estimate of drug-likeness (QED) is 0.447. The van der Waals surface area contributed by atoms with Gasteiger partial charge in [-0.2, -0.15) is 0 Å². The molecule has 1 aromatic heterocycles. The summed E-state index contributed by atoms with van der Waals surface area (Å²) in [7, 11) is 0. The van der Waals surface area contributed by atoms with E-state index in [-0.39, 0.29) is 23.8 Å². The molecular weight excluding hydrogens is 402 g/mol. The standard InChI is InChI=1S/C19H25NO10/c1-10(2)25-16(21)12(5)27-18(23)29-14-7-8-15(20-9-14)30-19(24)28-13(6)17(22)26-11(3)4/h7-13H,1-6H3. The number of rotatable bonds is 8. The Labute approximate surface area is 173 Å². The monoisotopic (exact) mass is 427 g/mol. The molecule has 0 aliphatic rings. The first-order chi connectivity index (χ1) is 14.0. The van der Waals surface area contributed by atoms with Gasteiger partial charge in [-0.25, -0.2) is 24.2 Å². The third-order valence-corrected chi connectivity index (χ3v) is 3.01. The molecule has 166 valence electrons. The maximum atomic E-state index is 11.7. The Morgan fingerprint density at radius 1 is 0.700 bits per heavy atom. The number of nitrogens with zero attached hydrogens (tertiary/aromatic N) is 1. The predicted molar refractivity (Wildman–Crippen MR) is 99.8 cm³/mol. The Balaban J connectivity index is 2.51. The van der Waals surface area contributed by atoms with Gasteiger partial charge in [0.15, 0.2) is 18.0 Å². The molecule has 0 spiro atoms. The highest BCUT2D eigenvalue weighted by Crippen LogP contribution is 2.16. The van der Waals surface area contributed by atoms with Crippen molar-refractivity contribution in [1.29, 1.82) is 0 Å². The van der Waals surface area contributed by atoms with Gasteiger partial charge in [0.1, 0.15) is 0 Å². The highest BCUT2D eigenvalue weighted by Gasteiger charge is 2.23. The first-order valence-corrected chi connectivity index (χ1v) is 9.11. The van der Waals surface area contributed by atoms with E-state index in [1.165, 1.54) is 26.0 Å². The summed E-state index contributed by atoms with van der Waals surface area (Å²) in [5.74, 6) is -1.63. The van der Waals surface area contributed by atoms with E-state index >= 15 is 0 Å². The number of ether oxygens (including phenoxy) is 6. The fourth-order valence-electron chi connectivity index (χ4n) is 1.76. The largest absolute Gasteiger partial charge is 0.516 e. The van der Waals surface area contributed by atoms with Gasteiger partial charge in [-0.05, 0) is 47.6 Å². The van der Waals surface area contributed by atoms with Gasteiger partial charge >= 0.3 is 24.2 Å². The second-order valence-electron chi connectivity index (χ2n) is 6.53. The average molecular weight is 427 g/mol. The number of hydrogen-bond acceptors (Lipinski definition) is 11. The van der Waals surface area contributed by atoms with Crippen LogP contribution in [0.2, 0.25) is 0 Å². The predicted octanol–water partition coefficient (Wildman–Crippen LogP) is 2.79. The lowest BCUT2D eigenvalue weighted by Crippen LogP contribution is -2.29. The van der Waals surface area contributed by atoms with Crippen molar-refractivity contribution in [3.8, 4) is 11.6 Å². The maximum absolute atomic E-state index is 11.7. The lowest BCUT2D eigenvalue weighted by Gasteiger charge is -2.14. The molecule has 0 saturated carbocycles. The molecule has 0 radical (unpaired) electrons. The van der Waals surface area contributed by atoms with E-state index in [0.717, 1.165) is 6.20 Å². The molecule has 0 bridgehead atoms. The summed E-state index contributed by atoms with van der Waals surface area (Å²) >= 11 is 0. The van der Waals surface area contributed by atoms with E-state index < -0.39 is 36.5 Å². The SMILES string of the molecule is CC(C)OC(=O)C(C)OC(=O)Oc1ccc(OC(=O)OC(C)C(=O)OC(C)C)nc1. The second kappa shape index (κ2) is 11.6. The van der Waals surface area contributed by atoms with E-state index in [4.69, 9.17) is 28.4 Å². The lowest BCUT2D eigenvalue weighted by molar-refractivity contribution is -0.157. The van der Waals surface area contributed by atoms with Crippen LogP contribution in [0.1, 0.15) is 41.5 Å². The number of hydrogen-bond donors (Lipinski definition) is 0. The zero-order valence-corrected chi connectivity index (χ0v) is 17.6. The van der Waals surface area contributed by atoms with Crippen molar-refractivity contribution in [2.24, 2.45) is 0 Å². The van der Waals surface area contributed by atoms with Crippen LogP contribution < -0.4 is 9.47 Å². The molecule has 0 saturated heterocycles. The molecule has 0 aliphatic heterocycles. The molecule has 0 aliphatic carbocycles. The Morgan fingerprint density at radius 3 is 1.57 bits per heavy atom. The minimum Gasteiger partial charge on any atom is -0.460 e. The van der Waals surface area contributed by atoms with Gasteiger partial charge in [-0.1, -0.05) is 0 Å². The van der Waals surface area contributed by atoms with Crippen LogP contribution >= 0.6 is 0 Å². The van der Waals surface area contributed by atoms with Crippen LogP contribution in [0.3, 0.4) is 0 Å². The van der Waals surface area contributed by atoms with Crippen molar-refractivity contribution >= 4 is 24.2 Å². The first kappa shape index (κ1) is 24.7. The van der Waals surface area contributed by atoms with Gasteiger partial charge in [-0.3, -0.25) is 0 Å². The van der Waals surface area contributed by atoms with E-state index in [2.05, 4.69) is 4.98 Å². The zero-order valence-electron chi connectivity index (χ0n) is 17.6. The van der Waals surface area contributed by atoms with Crippen LogP contribution in [0.4, 0.5) is 9.59 Å². The molecule has 2 atom stereocenters. The highest BCUT2D eigenvalue weighted by molar-refractivity contribution is 5.78. The highest BCUT2D eigenvalue weighted by atomic mass is 16.7. The molecule has 1 heterocycles. The smallest absolute Gasteiger partial charge is 0.460 e. The van der Waals surface area contributed by atoms with Gasteiger partial charge in [0, 0.05) is 6.07 Å². The van der Waals surface area contributed by atoms with Crippen LogP contribution in [0.25, 0.3) is 0 Å². The average Bonchev–Trinajstić information content (AvgIpc) is 2.61. The molecule has 0 N–H and O–H groups in total. The van der Waals surface area contributed by atoms with Crippen molar-refractivity contribution < 1.29 is 47.6 Å². The molecule has 30 heavy (non-hydrogen) atoms. The molecule has 0 aromatic carbocycles. The summed E-state index contributed by atoms with van der Waals surface area (Å²) in [5.41, 5.74) is 0. The fraction of sp³-hybridized carbons (Fsp3) is 0.526. The van der Waals surface area contributed by atoms with Crippen molar-refractivity contribution in [2.75, 3.05) is 0 Å². The van der Waals surface area contributed by atoms with E-state index in [9.17, 15) is 19.2 Å².